The highest BCUT2D eigenvalue weighted by molar-refractivity contribution is 7.80. The van der Waals surface area contributed by atoms with Crippen LogP contribution in [-0.4, -0.2) is 84.8 Å². The fraction of sp³-hybridized carbons (Fsp3) is 0.342. The van der Waals surface area contributed by atoms with Gasteiger partial charge in [0.2, 0.25) is 0 Å². The van der Waals surface area contributed by atoms with Crippen molar-refractivity contribution >= 4 is 23.0 Å². The van der Waals surface area contributed by atoms with Crippen molar-refractivity contribution in [3.05, 3.63) is 120 Å². The molecule has 4 aromatic rings. The summed E-state index contributed by atoms with van der Waals surface area (Å²) in [4.78, 5) is 4.10. The van der Waals surface area contributed by atoms with E-state index in [4.69, 9.17) is 17.0 Å². The Labute approximate surface area is 290 Å². The van der Waals surface area contributed by atoms with Crippen LogP contribution < -0.4 is 4.90 Å². The lowest BCUT2D eigenvalue weighted by molar-refractivity contribution is -0.231. The molecule has 11 heteroatoms. The molecule has 8 atom stereocenters. The summed E-state index contributed by atoms with van der Waals surface area (Å²) >= 11 is 5.95. The number of ether oxygens (including phenoxy) is 1. The summed E-state index contributed by atoms with van der Waals surface area (Å²) in [6, 6.07) is 27.9. The maximum atomic E-state index is 13.4. The van der Waals surface area contributed by atoms with Gasteiger partial charge in [0.25, 0.3) is 0 Å². The van der Waals surface area contributed by atoms with Gasteiger partial charge < -0.3 is 45.2 Å². The molecule has 0 spiro atoms. The first-order valence-electron chi connectivity index (χ1n) is 16.4. The Morgan fingerprint density at radius 2 is 1.53 bits per heavy atom. The number of nitrogens with zero attached hydrogens (tertiary/aromatic N) is 2. The second-order valence-electron chi connectivity index (χ2n) is 12.8. The summed E-state index contributed by atoms with van der Waals surface area (Å²) in [5, 5.41) is 63.4. The summed E-state index contributed by atoms with van der Waals surface area (Å²) in [6.45, 7) is -0.507. The number of thiocarbonyl (C=S) groups is 1. The number of phenolic OH excluding ortho intramolecular Hbond substituents is 1. The van der Waals surface area contributed by atoms with E-state index in [1.54, 1.807) is 30.3 Å². The van der Waals surface area contributed by atoms with E-state index in [1.165, 1.54) is 12.1 Å². The topological polar surface area (TPSA) is 137 Å². The molecule has 2 aliphatic rings. The summed E-state index contributed by atoms with van der Waals surface area (Å²) in [5.74, 6) is -0.257. The highest BCUT2D eigenvalue weighted by Crippen LogP contribution is 2.44. The monoisotopic (exact) mass is 688 g/mol. The zero-order chi connectivity index (χ0) is 34.8. The van der Waals surface area contributed by atoms with Crippen molar-refractivity contribution in [3.63, 3.8) is 0 Å². The SMILES string of the molecule is CN1C(=S)N(c2ccccc2)C(c2ccc(-c3ccc(C4OC(CO)C(O)C(O)C4O)cc3)cc2O)C1CCCC(O)c1ccc(F)cc1. The van der Waals surface area contributed by atoms with Crippen LogP contribution in [0.5, 0.6) is 5.75 Å². The number of halogens is 1. The molecule has 0 aliphatic carbocycles. The van der Waals surface area contributed by atoms with Crippen molar-refractivity contribution in [3.8, 4) is 16.9 Å². The third-order valence-electron chi connectivity index (χ3n) is 9.73. The quantitative estimate of drug-likeness (QED) is 0.129. The molecule has 0 bridgehead atoms. The number of hydrogen-bond donors (Lipinski definition) is 6. The van der Waals surface area contributed by atoms with E-state index >= 15 is 0 Å². The van der Waals surface area contributed by atoms with Crippen molar-refractivity contribution in [1.82, 2.24) is 4.90 Å². The van der Waals surface area contributed by atoms with Gasteiger partial charge in [-0.25, -0.2) is 4.39 Å². The van der Waals surface area contributed by atoms with Gasteiger partial charge in [0.1, 0.15) is 42.1 Å². The maximum absolute atomic E-state index is 13.4. The zero-order valence-electron chi connectivity index (χ0n) is 27.0. The smallest absolute Gasteiger partial charge is 0.176 e. The fourth-order valence-electron chi connectivity index (χ4n) is 6.96. The van der Waals surface area contributed by atoms with Crippen LogP contribution in [0.1, 0.15) is 54.2 Å². The van der Waals surface area contributed by atoms with E-state index < -0.39 is 43.2 Å². The second-order valence-corrected chi connectivity index (χ2v) is 13.1. The lowest BCUT2D eigenvalue weighted by Gasteiger charge is -2.40. The van der Waals surface area contributed by atoms with Gasteiger partial charge in [-0.05, 0) is 84.1 Å². The molecule has 0 radical (unpaired) electrons. The van der Waals surface area contributed by atoms with Crippen LogP contribution in [0, 0.1) is 5.82 Å². The normalized spacial score (nSPS) is 26.3. The summed E-state index contributed by atoms with van der Waals surface area (Å²) in [5.41, 5.74) is 4.36. The average molecular weight is 689 g/mol. The van der Waals surface area contributed by atoms with Crippen molar-refractivity contribution < 1.29 is 39.8 Å². The zero-order valence-corrected chi connectivity index (χ0v) is 27.8. The lowest BCUT2D eigenvalue weighted by atomic mass is 9.89. The average Bonchev–Trinajstić information content (AvgIpc) is 3.36. The molecular formula is C38H41FN2O7S. The standard InChI is InChI=1S/C38H41FN2O7S/c1-40-29(8-5-9-30(43)23-14-17-26(39)18-15-23)33(41(38(40)49)27-6-3-2-4-7-27)28-19-16-25(20-31(28)44)22-10-12-24(13-11-22)37-36(47)35(46)34(45)32(21-42)48-37/h2-4,6-7,10-20,29-30,32-37,42-47H,5,8-9,21H2,1H3. The highest BCUT2D eigenvalue weighted by Gasteiger charge is 2.45. The Morgan fingerprint density at radius 1 is 0.857 bits per heavy atom. The Hall–Kier alpha value is -3.94. The van der Waals surface area contributed by atoms with E-state index in [0.29, 0.717) is 41.1 Å². The maximum Gasteiger partial charge on any atom is 0.176 e. The number of aliphatic hydroxyl groups is 5. The number of para-hydroxylation sites is 1. The molecule has 258 valence electrons. The molecule has 0 amide bonds. The van der Waals surface area contributed by atoms with Crippen molar-refractivity contribution in [2.75, 3.05) is 18.6 Å². The van der Waals surface area contributed by atoms with Crippen LogP contribution in [0.25, 0.3) is 11.1 Å². The first-order valence-corrected chi connectivity index (χ1v) is 16.8. The molecule has 4 aromatic carbocycles. The van der Waals surface area contributed by atoms with Crippen LogP contribution in [0.15, 0.2) is 97.1 Å². The Kier molecular flexibility index (Phi) is 10.6. The molecule has 2 fully saturated rings. The third kappa shape index (κ3) is 7.06. The van der Waals surface area contributed by atoms with Crippen molar-refractivity contribution in [2.45, 2.75) is 68.0 Å². The van der Waals surface area contributed by atoms with Crippen molar-refractivity contribution in [1.29, 1.82) is 0 Å². The second kappa shape index (κ2) is 14.9. The summed E-state index contributed by atoms with van der Waals surface area (Å²) in [6.07, 6.45) is -5.16. The van der Waals surface area contributed by atoms with Gasteiger partial charge in [0.05, 0.1) is 24.8 Å². The molecule has 2 saturated heterocycles. The van der Waals surface area contributed by atoms with Gasteiger partial charge in [0.15, 0.2) is 5.11 Å². The van der Waals surface area contributed by atoms with E-state index in [2.05, 4.69) is 4.90 Å². The first kappa shape index (κ1) is 34.9. The Bertz CT molecular complexity index is 1730. The van der Waals surface area contributed by atoms with Crippen LogP contribution >= 0.6 is 12.2 Å². The van der Waals surface area contributed by atoms with Crippen LogP contribution in [0.2, 0.25) is 0 Å². The third-order valence-corrected chi connectivity index (χ3v) is 10.2. The van der Waals surface area contributed by atoms with Crippen LogP contribution in [0.3, 0.4) is 0 Å². The van der Waals surface area contributed by atoms with Crippen molar-refractivity contribution in [2.24, 2.45) is 0 Å². The van der Waals surface area contributed by atoms with Gasteiger partial charge in [0, 0.05) is 18.3 Å². The van der Waals surface area contributed by atoms with Gasteiger partial charge in [-0.2, -0.15) is 0 Å². The number of benzene rings is 4. The number of likely N-dealkylation sites (N-methyl/N-ethyl adjacent to an activating group) is 1. The van der Waals surface area contributed by atoms with E-state index in [1.807, 2.05) is 66.5 Å². The number of aliphatic hydroxyl groups excluding tert-OH is 5. The number of aromatic hydroxyl groups is 1. The lowest BCUT2D eigenvalue weighted by Crippen LogP contribution is -2.55. The molecule has 2 aliphatic heterocycles. The molecule has 8 unspecified atom stereocenters. The summed E-state index contributed by atoms with van der Waals surface area (Å²) in [7, 11) is 1.95. The minimum atomic E-state index is -1.47. The largest absolute Gasteiger partial charge is 0.508 e. The molecule has 49 heavy (non-hydrogen) atoms. The highest BCUT2D eigenvalue weighted by atomic mass is 32.1. The van der Waals surface area contributed by atoms with Gasteiger partial charge in [-0.1, -0.05) is 66.7 Å². The molecule has 0 saturated carbocycles. The van der Waals surface area contributed by atoms with Crippen LogP contribution in [0.4, 0.5) is 10.1 Å². The number of rotatable bonds is 10. The molecule has 6 rings (SSSR count). The number of phenols is 1. The summed E-state index contributed by atoms with van der Waals surface area (Å²) < 4.78 is 19.1. The van der Waals surface area contributed by atoms with Gasteiger partial charge in [-0.15, -0.1) is 0 Å². The van der Waals surface area contributed by atoms with Gasteiger partial charge >= 0.3 is 0 Å². The first-order chi connectivity index (χ1) is 23.6. The Balaban J connectivity index is 1.25. The van der Waals surface area contributed by atoms with E-state index in [9.17, 15) is 35.0 Å². The minimum Gasteiger partial charge on any atom is -0.508 e. The number of hydrogen-bond acceptors (Lipinski definition) is 8. The van der Waals surface area contributed by atoms with Crippen LogP contribution in [-0.2, 0) is 4.74 Å². The molecular weight excluding hydrogens is 647 g/mol. The minimum absolute atomic E-state index is 0.0934. The molecule has 2 heterocycles. The van der Waals surface area contributed by atoms with E-state index in [-0.39, 0.29) is 23.7 Å². The predicted molar refractivity (Wildman–Crippen MR) is 187 cm³/mol. The van der Waals surface area contributed by atoms with E-state index in [0.717, 1.165) is 16.8 Å². The molecule has 0 aromatic heterocycles. The predicted octanol–water partition coefficient (Wildman–Crippen LogP) is 4.76. The molecule has 9 nitrogen and oxygen atoms in total. The Morgan fingerprint density at radius 3 is 2.18 bits per heavy atom. The fourth-order valence-corrected chi connectivity index (χ4v) is 7.31. The molecule has 6 N–H and O–H groups in total. The van der Waals surface area contributed by atoms with Gasteiger partial charge in [-0.3, -0.25) is 0 Å². The number of anilines is 1.